The van der Waals surface area contributed by atoms with Gasteiger partial charge in [-0.3, -0.25) is 19.2 Å². The van der Waals surface area contributed by atoms with Crippen molar-refractivity contribution >= 4 is 76.9 Å². The number of ketones is 2. The second kappa shape index (κ2) is 11.4. The van der Waals surface area contributed by atoms with Crippen molar-refractivity contribution in [2.45, 2.75) is 31.1 Å². The zero-order valence-electron chi connectivity index (χ0n) is 23.5. The van der Waals surface area contributed by atoms with Crippen LogP contribution in [0.15, 0.2) is 66.6 Å². The van der Waals surface area contributed by atoms with E-state index in [1.807, 2.05) is 0 Å². The molecule has 6 rings (SSSR count). The van der Waals surface area contributed by atoms with Crippen molar-refractivity contribution in [1.82, 2.24) is 0 Å². The number of carbonyl (C=O) groups excluding carboxylic acids is 4. The number of phenolic OH excluding ortho intramolecular Hbond substituents is 1. The number of ether oxygens (including phenoxy) is 1. The SMILES string of the molecule is COc1cc(C2C3=CCC4C(=O)N(c5cc(C(F)(F)F)cc(C(F)(F)F)c5)C(=O)C4C3CC3=C2C(=O)C=C(Br)C3=O)c(Br)c(Br)c1O. The number of fused-ring (bicyclic) bond motifs is 3. The number of amides is 2. The van der Waals surface area contributed by atoms with Crippen molar-refractivity contribution in [2.24, 2.45) is 17.8 Å². The first-order valence-electron chi connectivity index (χ1n) is 13.7. The molecule has 4 atom stereocenters. The van der Waals surface area contributed by atoms with Gasteiger partial charge in [-0.2, -0.15) is 26.3 Å². The average Bonchev–Trinajstić information content (AvgIpc) is 3.26. The Hall–Kier alpha value is -3.24. The summed E-state index contributed by atoms with van der Waals surface area (Å²) >= 11 is 9.82. The van der Waals surface area contributed by atoms with Crippen LogP contribution in [-0.4, -0.2) is 35.6 Å². The summed E-state index contributed by atoms with van der Waals surface area (Å²) in [4.78, 5) is 55.1. The zero-order chi connectivity index (χ0) is 34.5. The predicted octanol–water partition coefficient (Wildman–Crippen LogP) is 7.93. The summed E-state index contributed by atoms with van der Waals surface area (Å²) in [6.07, 6.45) is -8.04. The number of rotatable bonds is 3. The summed E-state index contributed by atoms with van der Waals surface area (Å²) in [7, 11) is 1.29. The number of carbonyl (C=O) groups is 4. The fraction of sp³-hybridized carbons (Fsp3) is 0.290. The lowest BCUT2D eigenvalue weighted by molar-refractivity contribution is -0.143. The van der Waals surface area contributed by atoms with Gasteiger partial charge in [-0.25, -0.2) is 4.90 Å². The van der Waals surface area contributed by atoms with Gasteiger partial charge in [-0.1, -0.05) is 11.6 Å². The molecule has 2 aromatic rings. The smallest absolute Gasteiger partial charge is 0.416 e. The maximum Gasteiger partial charge on any atom is 0.416 e. The molecule has 4 aliphatic rings. The van der Waals surface area contributed by atoms with Crippen LogP contribution in [-0.2, 0) is 31.5 Å². The van der Waals surface area contributed by atoms with Crippen LogP contribution < -0.4 is 9.64 Å². The van der Waals surface area contributed by atoms with Crippen molar-refractivity contribution < 1.29 is 55.4 Å². The Morgan fingerprint density at radius 2 is 1.49 bits per heavy atom. The van der Waals surface area contributed by atoms with Gasteiger partial charge in [0.05, 0.1) is 44.7 Å². The first-order valence-corrected chi connectivity index (χ1v) is 16.1. The first kappa shape index (κ1) is 33.7. The van der Waals surface area contributed by atoms with Crippen molar-refractivity contribution in [2.75, 3.05) is 12.0 Å². The van der Waals surface area contributed by atoms with Gasteiger partial charge in [0.1, 0.15) is 0 Å². The Kier molecular flexibility index (Phi) is 8.19. The second-order valence-electron chi connectivity index (χ2n) is 11.3. The Bertz CT molecular complexity index is 1880. The third kappa shape index (κ3) is 5.30. The van der Waals surface area contributed by atoms with Crippen LogP contribution in [0, 0.1) is 17.8 Å². The number of methoxy groups -OCH3 is 1. The van der Waals surface area contributed by atoms with Crippen molar-refractivity contribution in [3.63, 3.8) is 0 Å². The molecular weight excluding hydrogens is 836 g/mol. The molecule has 0 radical (unpaired) electrons. The quantitative estimate of drug-likeness (QED) is 0.146. The highest BCUT2D eigenvalue weighted by molar-refractivity contribution is 9.13. The number of alkyl halides is 6. The van der Waals surface area contributed by atoms with E-state index in [1.54, 1.807) is 6.08 Å². The van der Waals surface area contributed by atoms with Crippen LogP contribution in [0.1, 0.15) is 35.4 Å². The minimum absolute atomic E-state index is 0.00301. The van der Waals surface area contributed by atoms with Gasteiger partial charge in [0.2, 0.25) is 11.8 Å². The largest absolute Gasteiger partial charge is 0.503 e. The molecule has 2 aromatic carbocycles. The number of imide groups is 1. The van der Waals surface area contributed by atoms with Gasteiger partial charge in [-0.15, -0.1) is 0 Å². The topological polar surface area (TPSA) is 101 Å². The van der Waals surface area contributed by atoms with Gasteiger partial charge in [0.25, 0.3) is 0 Å². The molecular formula is C31H18Br3F6NO6. The van der Waals surface area contributed by atoms with E-state index in [0.29, 0.717) is 28.2 Å². The maximum absolute atomic E-state index is 14.1. The highest BCUT2D eigenvalue weighted by atomic mass is 79.9. The van der Waals surface area contributed by atoms with E-state index in [1.165, 1.54) is 13.2 Å². The zero-order valence-corrected chi connectivity index (χ0v) is 28.3. The summed E-state index contributed by atoms with van der Waals surface area (Å²) < 4.78 is 87.7. The maximum atomic E-state index is 14.1. The standard InChI is InChI=1S/C31H18Br3F6NO6/c1-47-20-8-16(24(33)25(34)27(20)44)21-13-2-3-14-22(15(13)7-17-23(21)19(42)9-18(32)26(17)43)29(46)41(28(14)45)12-5-10(30(35,36)37)4-11(6-12)31(38,39)40/h2,4-6,8-9,14-15,21-22,44H,3,7H2,1H3. The molecule has 0 bridgehead atoms. The van der Waals surface area contributed by atoms with Gasteiger partial charge in [-0.05, 0) is 96.4 Å². The van der Waals surface area contributed by atoms with E-state index in [2.05, 4.69) is 47.8 Å². The summed E-state index contributed by atoms with van der Waals surface area (Å²) in [5.41, 5.74) is -3.35. The number of benzene rings is 2. The number of anilines is 1. The van der Waals surface area contributed by atoms with Crippen LogP contribution in [0.25, 0.3) is 0 Å². The number of hydrogen-bond acceptors (Lipinski definition) is 6. The van der Waals surface area contributed by atoms with Gasteiger partial charge in [0.15, 0.2) is 23.1 Å². The number of phenols is 1. The Morgan fingerprint density at radius 1 is 0.872 bits per heavy atom. The number of halogens is 9. The van der Waals surface area contributed by atoms with Crippen molar-refractivity contribution in [1.29, 1.82) is 0 Å². The molecule has 246 valence electrons. The normalized spacial score (nSPS) is 24.6. The third-order valence-electron chi connectivity index (χ3n) is 8.87. The first-order chi connectivity index (χ1) is 21.9. The van der Waals surface area contributed by atoms with E-state index in [0.717, 1.165) is 6.08 Å². The van der Waals surface area contributed by atoms with E-state index in [-0.39, 0.29) is 55.0 Å². The van der Waals surface area contributed by atoms with Crippen LogP contribution in [0.3, 0.4) is 0 Å². The minimum atomic E-state index is -5.22. The molecule has 0 saturated carbocycles. The van der Waals surface area contributed by atoms with Crippen molar-refractivity contribution in [3.05, 3.63) is 83.3 Å². The molecule has 0 spiro atoms. The number of allylic oxidation sites excluding steroid dienone is 6. The monoisotopic (exact) mass is 851 g/mol. The molecule has 1 saturated heterocycles. The molecule has 1 aliphatic heterocycles. The molecule has 3 aliphatic carbocycles. The van der Waals surface area contributed by atoms with Crippen LogP contribution in [0.2, 0.25) is 0 Å². The minimum Gasteiger partial charge on any atom is -0.503 e. The van der Waals surface area contributed by atoms with Crippen molar-refractivity contribution in [3.8, 4) is 11.5 Å². The molecule has 4 unspecified atom stereocenters. The number of hydrogen-bond donors (Lipinski definition) is 1. The molecule has 1 N–H and O–H groups in total. The highest BCUT2D eigenvalue weighted by Crippen LogP contribution is 2.58. The Morgan fingerprint density at radius 3 is 2.06 bits per heavy atom. The lowest BCUT2D eigenvalue weighted by Gasteiger charge is -2.42. The van der Waals surface area contributed by atoms with Gasteiger partial charge < -0.3 is 9.84 Å². The van der Waals surface area contributed by atoms with E-state index in [9.17, 15) is 50.6 Å². The number of aromatic hydroxyl groups is 1. The molecule has 47 heavy (non-hydrogen) atoms. The second-order valence-corrected chi connectivity index (χ2v) is 13.8. The Labute approximate surface area is 286 Å². The molecule has 2 amide bonds. The lowest BCUT2D eigenvalue weighted by atomic mass is 9.59. The molecule has 1 fully saturated rings. The molecule has 16 heteroatoms. The lowest BCUT2D eigenvalue weighted by Crippen LogP contribution is -2.39. The molecule has 1 heterocycles. The van der Waals surface area contributed by atoms with Crippen LogP contribution >= 0.6 is 47.8 Å². The van der Waals surface area contributed by atoms with E-state index >= 15 is 0 Å². The predicted molar refractivity (Wildman–Crippen MR) is 164 cm³/mol. The highest BCUT2D eigenvalue weighted by Gasteiger charge is 2.57. The summed E-state index contributed by atoms with van der Waals surface area (Å²) in [6.45, 7) is 0. The third-order valence-corrected chi connectivity index (χ3v) is 11.6. The summed E-state index contributed by atoms with van der Waals surface area (Å²) in [5, 5.41) is 10.6. The van der Waals surface area contributed by atoms with Crippen LogP contribution in [0.4, 0.5) is 32.0 Å². The van der Waals surface area contributed by atoms with Crippen LogP contribution in [0.5, 0.6) is 11.5 Å². The number of nitrogens with zero attached hydrogens (tertiary/aromatic N) is 1. The van der Waals surface area contributed by atoms with E-state index < -0.39 is 76.2 Å². The summed E-state index contributed by atoms with van der Waals surface area (Å²) in [6, 6.07) is 1.99. The fourth-order valence-electron chi connectivity index (χ4n) is 6.86. The molecule has 7 nitrogen and oxygen atoms in total. The number of Topliss-reactive ketones (excluding diaryl/α,β-unsaturated/α-hetero) is 1. The Balaban J connectivity index is 1.52. The van der Waals surface area contributed by atoms with E-state index in [4.69, 9.17) is 4.74 Å². The average molecular weight is 854 g/mol. The van der Waals surface area contributed by atoms with Gasteiger partial charge >= 0.3 is 12.4 Å². The summed E-state index contributed by atoms with van der Waals surface area (Å²) in [5.74, 6) is -7.78. The fourth-order valence-corrected chi connectivity index (χ4v) is 8.26. The molecule has 0 aromatic heterocycles. The van der Waals surface area contributed by atoms with Gasteiger partial charge in [0, 0.05) is 27.6 Å².